The monoisotopic (exact) mass is 501 g/mol. The highest BCUT2D eigenvalue weighted by atomic mass is 32.2. The van der Waals surface area contributed by atoms with Crippen molar-refractivity contribution in [3.63, 3.8) is 0 Å². The largest absolute Gasteiger partial charge is 0.456 e. The molecule has 13 heteroatoms. The average Bonchev–Trinajstić information content (AvgIpc) is 2.70. The van der Waals surface area contributed by atoms with Crippen molar-refractivity contribution in [2.24, 2.45) is 0 Å². The molecule has 1 fully saturated rings. The third-order valence-corrected chi connectivity index (χ3v) is 5.90. The van der Waals surface area contributed by atoms with Gasteiger partial charge in [0.05, 0.1) is 11.5 Å². The van der Waals surface area contributed by atoms with Gasteiger partial charge in [-0.2, -0.15) is 8.42 Å². The first kappa shape index (κ1) is 27.2. The summed E-state index contributed by atoms with van der Waals surface area (Å²) >= 11 is 0. The zero-order chi connectivity index (χ0) is 25.6. The molecule has 12 nitrogen and oxygen atoms in total. The number of rotatable bonds is 8. The molecule has 1 heterocycles. The fourth-order valence-electron chi connectivity index (χ4n) is 3.29. The number of hydrogen-bond acceptors (Lipinski definition) is 11. The maximum atomic E-state index is 12.6. The lowest BCUT2D eigenvalue weighted by molar-refractivity contribution is -0.268. The van der Waals surface area contributed by atoms with E-state index < -0.39 is 71.2 Å². The molecule has 34 heavy (non-hydrogen) atoms. The van der Waals surface area contributed by atoms with Crippen molar-refractivity contribution in [1.82, 2.24) is 5.32 Å². The van der Waals surface area contributed by atoms with Crippen LogP contribution in [0.5, 0.6) is 0 Å². The molecular weight excluding hydrogens is 474 g/mol. The molecule has 0 aromatic heterocycles. The van der Waals surface area contributed by atoms with E-state index in [4.69, 9.17) is 23.1 Å². The Bertz CT molecular complexity index is 1020. The molecule has 1 aromatic carbocycles. The topological polar surface area (TPSA) is 161 Å². The van der Waals surface area contributed by atoms with Gasteiger partial charge >= 0.3 is 17.9 Å². The zero-order valence-corrected chi connectivity index (χ0v) is 20.1. The molecule has 1 aliphatic rings. The highest BCUT2D eigenvalue weighted by molar-refractivity contribution is 7.86. The quantitative estimate of drug-likeness (QED) is 0.297. The fraction of sp³-hybridized carbons (Fsp3) is 0.524. The van der Waals surface area contributed by atoms with Crippen LogP contribution >= 0.6 is 0 Å². The second kappa shape index (κ2) is 11.4. The summed E-state index contributed by atoms with van der Waals surface area (Å²) in [6.07, 6.45) is -5.66. The summed E-state index contributed by atoms with van der Waals surface area (Å²) in [5, 5.41) is 2.45. The molecule has 1 aromatic rings. The van der Waals surface area contributed by atoms with Gasteiger partial charge in [0.1, 0.15) is 12.1 Å². The summed E-state index contributed by atoms with van der Waals surface area (Å²) < 4.78 is 51.7. The predicted molar refractivity (Wildman–Crippen MR) is 113 cm³/mol. The van der Waals surface area contributed by atoms with Gasteiger partial charge in [-0.05, 0) is 19.1 Å². The third kappa shape index (κ3) is 7.50. The number of nitrogens with one attached hydrogen (secondary N) is 1. The van der Waals surface area contributed by atoms with E-state index in [1.165, 1.54) is 19.1 Å². The molecule has 0 spiro atoms. The SMILES string of the molecule is CC(=O)N[C@H]1[C@H](OC(C)=O)O[C@@H](COS(=O)(=O)c2ccc(C)cc2)[C@@H](OC(C)=O)[C@@H]1OC(C)=O. The van der Waals surface area contributed by atoms with E-state index in [1.54, 1.807) is 19.1 Å². The number of amides is 1. The van der Waals surface area contributed by atoms with Gasteiger partial charge in [0.15, 0.2) is 12.2 Å². The lowest BCUT2D eigenvalue weighted by atomic mass is 9.96. The van der Waals surface area contributed by atoms with Gasteiger partial charge in [0.25, 0.3) is 10.1 Å². The van der Waals surface area contributed by atoms with Crippen molar-refractivity contribution in [2.75, 3.05) is 6.61 Å². The summed E-state index contributed by atoms with van der Waals surface area (Å²) in [6, 6.07) is 4.61. The van der Waals surface area contributed by atoms with Gasteiger partial charge in [-0.25, -0.2) is 0 Å². The van der Waals surface area contributed by atoms with Crippen LogP contribution in [0, 0.1) is 6.92 Å². The molecule has 0 radical (unpaired) electrons. The molecule has 1 N–H and O–H groups in total. The molecule has 0 unspecified atom stereocenters. The van der Waals surface area contributed by atoms with Crippen LogP contribution in [0.3, 0.4) is 0 Å². The molecule has 188 valence electrons. The van der Waals surface area contributed by atoms with E-state index in [9.17, 15) is 27.6 Å². The Labute approximate surface area is 196 Å². The highest BCUT2D eigenvalue weighted by Gasteiger charge is 2.52. The molecular formula is C21H27NO11S. The van der Waals surface area contributed by atoms with Gasteiger partial charge in [0, 0.05) is 27.7 Å². The molecule has 0 aliphatic carbocycles. The lowest BCUT2D eigenvalue weighted by Gasteiger charge is -2.44. The Morgan fingerprint density at radius 1 is 0.882 bits per heavy atom. The Hall–Kier alpha value is -3.03. The second-order valence-electron chi connectivity index (χ2n) is 7.58. The van der Waals surface area contributed by atoms with Crippen LogP contribution < -0.4 is 5.32 Å². The van der Waals surface area contributed by atoms with Crippen LogP contribution in [0.25, 0.3) is 0 Å². The van der Waals surface area contributed by atoms with Crippen molar-refractivity contribution >= 4 is 33.9 Å². The molecule has 0 bridgehead atoms. The first-order chi connectivity index (χ1) is 15.8. The smallest absolute Gasteiger partial charge is 0.305 e. The van der Waals surface area contributed by atoms with Crippen molar-refractivity contribution in [1.29, 1.82) is 0 Å². The molecule has 5 atom stereocenters. The van der Waals surface area contributed by atoms with E-state index in [0.29, 0.717) is 0 Å². The van der Waals surface area contributed by atoms with Gasteiger partial charge in [-0.1, -0.05) is 17.7 Å². The third-order valence-electron chi connectivity index (χ3n) is 4.60. The molecule has 1 aliphatic heterocycles. The first-order valence-corrected chi connectivity index (χ1v) is 11.6. The van der Waals surface area contributed by atoms with Gasteiger partial charge < -0.3 is 24.3 Å². The Morgan fingerprint density at radius 2 is 1.41 bits per heavy atom. The Balaban J connectivity index is 2.40. The summed E-state index contributed by atoms with van der Waals surface area (Å²) in [6.45, 7) is 5.51. The van der Waals surface area contributed by atoms with Crippen LogP contribution in [0.4, 0.5) is 0 Å². The summed E-state index contributed by atoms with van der Waals surface area (Å²) in [5.41, 5.74) is 0.835. The van der Waals surface area contributed by atoms with E-state index in [1.807, 2.05) is 0 Å². The van der Waals surface area contributed by atoms with Crippen LogP contribution in [0.15, 0.2) is 29.2 Å². The summed E-state index contributed by atoms with van der Waals surface area (Å²) in [7, 11) is -4.25. The standard InChI is InChI=1S/C21H27NO11S/c1-11-6-8-16(9-7-11)34(27,28)29-10-17-19(30-13(3)24)20(31-14(4)25)18(22-12(2)23)21(33-17)32-15(5)26/h6-9,17-21H,10H2,1-5H3,(H,22,23)/t17-,18+,19+,20+,21+/m0/s1. The summed E-state index contributed by atoms with van der Waals surface area (Å²) in [4.78, 5) is 46.8. The maximum absolute atomic E-state index is 12.6. The van der Waals surface area contributed by atoms with Crippen molar-refractivity contribution < 1.29 is 50.7 Å². The molecule has 0 saturated carbocycles. The van der Waals surface area contributed by atoms with E-state index >= 15 is 0 Å². The van der Waals surface area contributed by atoms with E-state index in [2.05, 4.69) is 5.32 Å². The van der Waals surface area contributed by atoms with Crippen LogP contribution in [0.2, 0.25) is 0 Å². The van der Waals surface area contributed by atoms with Crippen molar-refractivity contribution in [2.45, 2.75) is 70.2 Å². The number of aryl methyl sites for hydroxylation is 1. The van der Waals surface area contributed by atoms with Gasteiger partial charge in [-0.15, -0.1) is 0 Å². The van der Waals surface area contributed by atoms with Gasteiger partial charge in [0.2, 0.25) is 12.2 Å². The number of benzene rings is 1. The van der Waals surface area contributed by atoms with Crippen LogP contribution in [0.1, 0.15) is 33.3 Å². The first-order valence-electron chi connectivity index (χ1n) is 10.2. The lowest BCUT2D eigenvalue weighted by Crippen LogP contribution is -2.66. The Morgan fingerprint density at radius 3 is 1.91 bits per heavy atom. The molecule has 2 rings (SSSR count). The van der Waals surface area contributed by atoms with E-state index in [-0.39, 0.29) is 4.90 Å². The highest BCUT2D eigenvalue weighted by Crippen LogP contribution is 2.28. The predicted octanol–water partition coefficient (Wildman–Crippen LogP) is 0.356. The van der Waals surface area contributed by atoms with Crippen LogP contribution in [-0.4, -0.2) is 69.5 Å². The minimum absolute atomic E-state index is 0.123. The fourth-order valence-corrected chi connectivity index (χ4v) is 4.20. The normalized spacial score (nSPS) is 24.6. The van der Waals surface area contributed by atoms with E-state index in [0.717, 1.165) is 26.3 Å². The van der Waals surface area contributed by atoms with Crippen molar-refractivity contribution in [3.05, 3.63) is 29.8 Å². The second-order valence-corrected chi connectivity index (χ2v) is 9.19. The van der Waals surface area contributed by atoms with Crippen molar-refractivity contribution in [3.8, 4) is 0 Å². The van der Waals surface area contributed by atoms with Gasteiger partial charge in [-0.3, -0.25) is 23.4 Å². The minimum Gasteiger partial charge on any atom is -0.456 e. The van der Waals surface area contributed by atoms with Crippen LogP contribution in [-0.2, 0) is 52.4 Å². The minimum atomic E-state index is -4.25. The number of hydrogen-bond donors (Lipinski definition) is 1. The number of esters is 3. The Kier molecular flexibility index (Phi) is 9.13. The average molecular weight is 502 g/mol. The number of carbonyl (C=O) groups excluding carboxylic acids is 4. The number of ether oxygens (including phenoxy) is 4. The molecule has 1 saturated heterocycles. The molecule has 1 amide bonds. The zero-order valence-electron chi connectivity index (χ0n) is 19.3. The maximum Gasteiger partial charge on any atom is 0.305 e. The summed E-state index contributed by atoms with van der Waals surface area (Å²) in [5.74, 6) is -2.97. The number of carbonyl (C=O) groups is 4.